The van der Waals surface area contributed by atoms with Crippen molar-refractivity contribution >= 4 is 27.8 Å². The molecule has 3 atom stereocenters. The number of nitrogens with zero attached hydrogens (tertiary/aromatic N) is 3. The highest BCUT2D eigenvalue weighted by molar-refractivity contribution is 6.01. The van der Waals surface area contributed by atoms with Gasteiger partial charge in [0.15, 0.2) is 0 Å². The summed E-state index contributed by atoms with van der Waals surface area (Å²) >= 11 is 0. The van der Waals surface area contributed by atoms with Crippen molar-refractivity contribution in [2.45, 2.75) is 32.0 Å². The van der Waals surface area contributed by atoms with E-state index in [-0.39, 0.29) is 6.73 Å². The lowest BCUT2D eigenvalue weighted by atomic mass is 10.1. The van der Waals surface area contributed by atoms with Gasteiger partial charge in [-0.1, -0.05) is 18.2 Å². The van der Waals surface area contributed by atoms with Crippen molar-refractivity contribution in [2.24, 2.45) is 0 Å². The van der Waals surface area contributed by atoms with Crippen LogP contribution in [0.2, 0.25) is 0 Å². The van der Waals surface area contributed by atoms with Crippen molar-refractivity contribution in [3.8, 4) is 11.3 Å². The molecule has 152 valence electrons. The number of hydrogen-bond acceptors (Lipinski definition) is 8. The average molecular weight is 398 g/mol. The minimum absolute atomic E-state index is 0.0256. The van der Waals surface area contributed by atoms with Gasteiger partial charge in [0, 0.05) is 17.1 Å². The molecule has 5 N–H and O–H groups in total. The third-order valence-corrected chi connectivity index (χ3v) is 4.86. The summed E-state index contributed by atoms with van der Waals surface area (Å²) in [7, 11) is 0. The number of aromatic nitrogens is 3. The predicted octanol–water partition coefficient (Wildman–Crippen LogP) is 1.50. The highest BCUT2D eigenvalue weighted by Gasteiger charge is 2.25. The van der Waals surface area contributed by atoms with Crippen LogP contribution >= 0.6 is 0 Å². The molecule has 0 radical (unpaired) electrons. The van der Waals surface area contributed by atoms with E-state index >= 15 is 0 Å². The van der Waals surface area contributed by atoms with Gasteiger partial charge < -0.3 is 34.8 Å². The number of hydrogen-bond donors (Lipinski definition) is 4. The van der Waals surface area contributed by atoms with E-state index in [1.165, 1.54) is 13.3 Å². The molecule has 4 aromatic rings. The van der Waals surface area contributed by atoms with Crippen LogP contribution in [0.4, 0.5) is 5.82 Å². The Labute approximate surface area is 166 Å². The van der Waals surface area contributed by atoms with Gasteiger partial charge in [0.1, 0.15) is 48.1 Å². The molecule has 0 amide bonds. The van der Waals surface area contributed by atoms with E-state index < -0.39 is 24.9 Å². The van der Waals surface area contributed by atoms with Gasteiger partial charge in [0.25, 0.3) is 0 Å². The molecule has 4 rings (SSSR count). The van der Waals surface area contributed by atoms with Gasteiger partial charge in [-0.2, -0.15) is 0 Å². The Balaban J connectivity index is 1.73. The van der Waals surface area contributed by atoms with Crippen LogP contribution in [-0.4, -0.2) is 54.8 Å². The van der Waals surface area contributed by atoms with E-state index in [2.05, 4.69) is 9.97 Å². The fourth-order valence-electron chi connectivity index (χ4n) is 3.29. The number of nitrogens with two attached hydrogens (primary N) is 1. The predicted molar refractivity (Wildman–Crippen MR) is 107 cm³/mol. The minimum atomic E-state index is -1.23. The molecule has 0 spiro atoms. The summed E-state index contributed by atoms with van der Waals surface area (Å²) in [5, 5.41) is 30.6. The molecule has 1 aromatic carbocycles. The number of furan rings is 1. The Hall–Kier alpha value is -2.98. The second kappa shape index (κ2) is 7.80. The third kappa shape index (κ3) is 3.56. The molecule has 0 aliphatic rings. The van der Waals surface area contributed by atoms with Crippen molar-refractivity contribution < 1.29 is 24.5 Å². The molecule has 0 aliphatic heterocycles. The topological polar surface area (TPSA) is 140 Å². The number of anilines is 1. The number of para-hydroxylation sites is 1. The number of benzene rings is 1. The molecule has 9 heteroatoms. The largest absolute Gasteiger partial charge is 0.456 e. The van der Waals surface area contributed by atoms with Crippen LogP contribution in [0.15, 0.2) is 47.3 Å². The van der Waals surface area contributed by atoms with Crippen LogP contribution < -0.4 is 5.73 Å². The maximum atomic E-state index is 9.98. The molecular formula is C20H22N4O5. The second-order valence-electron chi connectivity index (χ2n) is 6.87. The zero-order chi connectivity index (χ0) is 20.5. The molecule has 3 heterocycles. The zero-order valence-electron chi connectivity index (χ0n) is 15.8. The Morgan fingerprint density at radius 2 is 2.03 bits per heavy atom. The second-order valence-corrected chi connectivity index (χ2v) is 6.87. The van der Waals surface area contributed by atoms with Crippen molar-refractivity contribution in [2.75, 3.05) is 12.3 Å². The van der Waals surface area contributed by atoms with Crippen molar-refractivity contribution in [3.05, 3.63) is 42.9 Å². The van der Waals surface area contributed by atoms with E-state index in [9.17, 15) is 15.3 Å². The van der Waals surface area contributed by atoms with Gasteiger partial charge in [0.05, 0.1) is 18.1 Å². The molecule has 0 aliphatic carbocycles. The van der Waals surface area contributed by atoms with Gasteiger partial charge in [-0.05, 0) is 19.1 Å². The first-order valence-electron chi connectivity index (χ1n) is 9.16. The Kier molecular flexibility index (Phi) is 5.20. The number of aliphatic hydroxyl groups excluding tert-OH is 3. The number of fused-ring (bicyclic) bond motifs is 2. The van der Waals surface area contributed by atoms with Crippen LogP contribution in [0.3, 0.4) is 0 Å². The first kappa shape index (κ1) is 19.3. The zero-order valence-corrected chi connectivity index (χ0v) is 15.8. The lowest BCUT2D eigenvalue weighted by Crippen LogP contribution is -2.40. The quantitative estimate of drug-likeness (QED) is 0.367. The molecule has 0 saturated carbocycles. The molecule has 9 nitrogen and oxygen atoms in total. The summed E-state index contributed by atoms with van der Waals surface area (Å²) < 4.78 is 13.3. The van der Waals surface area contributed by atoms with Gasteiger partial charge in [-0.3, -0.25) is 0 Å². The molecule has 29 heavy (non-hydrogen) atoms. The van der Waals surface area contributed by atoms with Crippen LogP contribution in [-0.2, 0) is 11.5 Å². The van der Waals surface area contributed by atoms with Gasteiger partial charge >= 0.3 is 0 Å². The monoisotopic (exact) mass is 398 g/mol. The summed E-state index contributed by atoms with van der Waals surface area (Å²) in [6.45, 7) is 0.955. The minimum Gasteiger partial charge on any atom is -0.456 e. The summed E-state index contributed by atoms with van der Waals surface area (Å²) in [6, 6.07) is 9.57. The first-order valence-corrected chi connectivity index (χ1v) is 9.16. The number of ether oxygens (including phenoxy) is 1. The lowest BCUT2D eigenvalue weighted by Gasteiger charge is -2.23. The van der Waals surface area contributed by atoms with Crippen LogP contribution in [0, 0.1) is 0 Å². The third-order valence-electron chi connectivity index (χ3n) is 4.86. The number of rotatable bonds is 7. The molecule has 0 saturated heterocycles. The number of nitrogen functional groups attached to an aromatic ring is 1. The van der Waals surface area contributed by atoms with Gasteiger partial charge in [-0.25, -0.2) is 9.97 Å². The Bertz CT molecular complexity index is 1100. The van der Waals surface area contributed by atoms with E-state index in [1.54, 1.807) is 10.8 Å². The van der Waals surface area contributed by atoms with Crippen molar-refractivity contribution in [1.82, 2.24) is 14.5 Å². The van der Waals surface area contributed by atoms with Crippen LogP contribution in [0.5, 0.6) is 0 Å². The van der Waals surface area contributed by atoms with Crippen LogP contribution in [0.1, 0.15) is 6.92 Å². The summed E-state index contributed by atoms with van der Waals surface area (Å²) in [6.07, 6.45) is -0.100. The van der Waals surface area contributed by atoms with Crippen molar-refractivity contribution in [1.29, 1.82) is 0 Å². The average Bonchev–Trinajstić information content (AvgIpc) is 3.30. The first-order chi connectivity index (χ1) is 14.0. The lowest BCUT2D eigenvalue weighted by molar-refractivity contribution is -0.119. The maximum absolute atomic E-state index is 9.98. The van der Waals surface area contributed by atoms with E-state index in [4.69, 9.17) is 14.9 Å². The summed E-state index contributed by atoms with van der Waals surface area (Å²) in [4.78, 5) is 8.38. The van der Waals surface area contributed by atoms with E-state index in [0.717, 1.165) is 11.0 Å². The molecule has 3 unspecified atom stereocenters. The molecule has 0 bridgehead atoms. The SMILES string of the molecule is CC(O)C(O)C(CO)OCn1cc(-c2cc3ccccc3o2)c2c(N)ncnc21. The maximum Gasteiger partial charge on any atom is 0.148 e. The fourth-order valence-corrected chi connectivity index (χ4v) is 3.29. The highest BCUT2D eigenvalue weighted by Crippen LogP contribution is 2.35. The molecular weight excluding hydrogens is 376 g/mol. The van der Waals surface area contributed by atoms with E-state index in [0.29, 0.717) is 28.2 Å². The smallest absolute Gasteiger partial charge is 0.148 e. The van der Waals surface area contributed by atoms with Crippen LogP contribution in [0.25, 0.3) is 33.3 Å². The van der Waals surface area contributed by atoms with Gasteiger partial charge in [0.2, 0.25) is 0 Å². The summed E-state index contributed by atoms with van der Waals surface area (Å²) in [5.74, 6) is 0.908. The molecule has 0 fully saturated rings. The highest BCUT2D eigenvalue weighted by atomic mass is 16.5. The molecule has 3 aromatic heterocycles. The van der Waals surface area contributed by atoms with Crippen molar-refractivity contribution in [3.63, 3.8) is 0 Å². The van der Waals surface area contributed by atoms with E-state index in [1.807, 2.05) is 30.3 Å². The Morgan fingerprint density at radius 3 is 2.76 bits per heavy atom. The standard InChI is InChI=1S/C20H22N4O5/c1-11(26)18(27)16(8-25)28-10-24-7-13(17-19(21)22-9-23-20(17)24)15-6-12-4-2-3-5-14(12)29-15/h2-7,9,11,16,18,25-27H,8,10H2,1H3,(H2,21,22,23). The Morgan fingerprint density at radius 1 is 1.24 bits per heavy atom. The summed E-state index contributed by atoms with van der Waals surface area (Å²) in [5.41, 5.74) is 8.09. The normalized spacial score (nSPS) is 15.0. The fraction of sp³-hybridized carbons (Fsp3) is 0.300. The number of aliphatic hydroxyl groups is 3. The van der Waals surface area contributed by atoms with Gasteiger partial charge in [-0.15, -0.1) is 0 Å².